The summed E-state index contributed by atoms with van der Waals surface area (Å²) in [6.07, 6.45) is 13.5. The standard InChI is InChI=1S/C24H44O6/c1-2-24(9-3-6-12-25-15-21-18-28-21,10-4-7-13-26-16-22-19-29-22)11-5-8-14-27-17-23-20-30-23/h21-23H,2-20H2,1H3. The third-order valence-electron chi connectivity index (χ3n) is 6.61. The summed E-state index contributed by atoms with van der Waals surface area (Å²) in [6, 6.07) is 0. The Kier molecular flexibility index (Phi) is 11.4. The van der Waals surface area contributed by atoms with Gasteiger partial charge < -0.3 is 28.4 Å². The molecule has 3 rings (SSSR count). The molecule has 0 amide bonds. The van der Waals surface area contributed by atoms with Crippen molar-refractivity contribution in [2.45, 2.75) is 89.4 Å². The Morgan fingerprint density at radius 1 is 0.600 bits per heavy atom. The lowest BCUT2D eigenvalue weighted by molar-refractivity contribution is 0.0957. The zero-order chi connectivity index (χ0) is 20.9. The lowest BCUT2D eigenvalue weighted by Gasteiger charge is -2.33. The van der Waals surface area contributed by atoms with Gasteiger partial charge in [-0.25, -0.2) is 0 Å². The Bertz CT molecular complexity index is 374. The molecule has 3 saturated heterocycles. The van der Waals surface area contributed by atoms with Crippen LogP contribution in [-0.4, -0.2) is 77.8 Å². The maximum atomic E-state index is 5.73. The van der Waals surface area contributed by atoms with E-state index >= 15 is 0 Å². The van der Waals surface area contributed by atoms with Crippen LogP contribution in [0.4, 0.5) is 0 Å². The van der Waals surface area contributed by atoms with Gasteiger partial charge in [-0.05, 0) is 43.9 Å². The molecule has 3 unspecified atom stereocenters. The van der Waals surface area contributed by atoms with Gasteiger partial charge in [0, 0.05) is 19.8 Å². The van der Waals surface area contributed by atoms with Crippen molar-refractivity contribution in [3.8, 4) is 0 Å². The number of unbranched alkanes of at least 4 members (excludes halogenated alkanes) is 3. The molecule has 0 N–H and O–H groups in total. The Hall–Kier alpha value is -0.240. The van der Waals surface area contributed by atoms with Gasteiger partial charge in [-0.2, -0.15) is 0 Å². The molecular formula is C24H44O6. The summed E-state index contributed by atoms with van der Waals surface area (Å²) in [6.45, 7) is 9.96. The minimum atomic E-state index is 0.377. The van der Waals surface area contributed by atoms with Crippen LogP contribution in [0.25, 0.3) is 0 Å². The fourth-order valence-electron chi connectivity index (χ4n) is 4.15. The largest absolute Gasteiger partial charge is 0.379 e. The average Bonchev–Trinajstić information content (AvgIpc) is 3.61. The summed E-state index contributed by atoms with van der Waals surface area (Å²) in [5.41, 5.74) is 0.457. The van der Waals surface area contributed by atoms with Gasteiger partial charge in [0.1, 0.15) is 18.3 Å². The van der Waals surface area contributed by atoms with Crippen LogP contribution in [0, 0.1) is 5.41 Å². The first-order chi connectivity index (χ1) is 14.8. The van der Waals surface area contributed by atoms with E-state index in [2.05, 4.69) is 6.92 Å². The van der Waals surface area contributed by atoms with Crippen LogP contribution in [-0.2, 0) is 28.4 Å². The van der Waals surface area contributed by atoms with E-state index in [1.54, 1.807) is 0 Å². The molecule has 0 bridgehead atoms. The maximum absolute atomic E-state index is 5.73. The highest BCUT2D eigenvalue weighted by molar-refractivity contribution is 4.79. The molecule has 0 aromatic rings. The maximum Gasteiger partial charge on any atom is 0.104 e. The van der Waals surface area contributed by atoms with Crippen LogP contribution >= 0.6 is 0 Å². The average molecular weight is 429 g/mol. The summed E-state index contributed by atoms with van der Waals surface area (Å²) in [4.78, 5) is 0. The Morgan fingerprint density at radius 3 is 1.20 bits per heavy atom. The molecular weight excluding hydrogens is 384 g/mol. The van der Waals surface area contributed by atoms with Gasteiger partial charge in [-0.3, -0.25) is 0 Å². The van der Waals surface area contributed by atoms with Gasteiger partial charge in [0.2, 0.25) is 0 Å². The summed E-state index contributed by atoms with van der Waals surface area (Å²) >= 11 is 0. The molecule has 30 heavy (non-hydrogen) atoms. The second kappa shape index (κ2) is 14.0. The highest BCUT2D eigenvalue weighted by atomic mass is 16.6. The van der Waals surface area contributed by atoms with Crippen LogP contribution in [0.15, 0.2) is 0 Å². The van der Waals surface area contributed by atoms with Crippen molar-refractivity contribution in [1.29, 1.82) is 0 Å². The topological polar surface area (TPSA) is 65.3 Å². The van der Waals surface area contributed by atoms with E-state index in [4.69, 9.17) is 28.4 Å². The Morgan fingerprint density at radius 2 is 0.933 bits per heavy atom. The molecule has 0 radical (unpaired) electrons. The van der Waals surface area contributed by atoms with E-state index < -0.39 is 0 Å². The molecule has 0 aromatic heterocycles. The van der Waals surface area contributed by atoms with Gasteiger partial charge in [-0.1, -0.05) is 32.6 Å². The zero-order valence-electron chi connectivity index (χ0n) is 19.1. The molecule has 176 valence electrons. The Labute approximate surface area is 183 Å². The number of rotatable bonds is 22. The van der Waals surface area contributed by atoms with Crippen molar-refractivity contribution in [2.24, 2.45) is 5.41 Å². The zero-order valence-corrected chi connectivity index (χ0v) is 19.1. The molecule has 3 heterocycles. The predicted octanol–water partition coefficient (Wildman–Crippen LogP) is 4.14. The van der Waals surface area contributed by atoms with Gasteiger partial charge >= 0.3 is 0 Å². The minimum Gasteiger partial charge on any atom is -0.379 e. The van der Waals surface area contributed by atoms with Gasteiger partial charge in [-0.15, -0.1) is 0 Å². The molecule has 3 aliphatic rings. The van der Waals surface area contributed by atoms with E-state index in [1.165, 1.54) is 44.9 Å². The molecule has 0 aromatic carbocycles. The third-order valence-corrected chi connectivity index (χ3v) is 6.61. The molecule has 3 atom stereocenters. The normalized spacial score (nSPS) is 26.5. The van der Waals surface area contributed by atoms with Crippen molar-refractivity contribution in [3.05, 3.63) is 0 Å². The Balaban J connectivity index is 1.28. The molecule has 3 fully saturated rings. The van der Waals surface area contributed by atoms with Crippen LogP contribution in [0.3, 0.4) is 0 Å². The van der Waals surface area contributed by atoms with Crippen molar-refractivity contribution in [2.75, 3.05) is 59.5 Å². The van der Waals surface area contributed by atoms with E-state index in [-0.39, 0.29) is 0 Å². The van der Waals surface area contributed by atoms with Crippen molar-refractivity contribution >= 4 is 0 Å². The third kappa shape index (κ3) is 11.4. The van der Waals surface area contributed by atoms with E-state index in [9.17, 15) is 0 Å². The second-order valence-electron chi connectivity index (χ2n) is 9.32. The predicted molar refractivity (Wildman–Crippen MR) is 116 cm³/mol. The molecule has 0 aliphatic carbocycles. The van der Waals surface area contributed by atoms with Crippen LogP contribution in [0.2, 0.25) is 0 Å². The molecule has 6 nitrogen and oxygen atoms in total. The van der Waals surface area contributed by atoms with Crippen molar-refractivity contribution in [3.63, 3.8) is 0 Å². The summed E-state index contributed by atoms with van der Waals surface area (Å²) < 4.78 is 32.8. The molecule has 0 saturated carbocycles. The summed E-state index contributed by atoms with van der Waals surface area (Å²) in [7, 11) is 0. The molecule has 6 heteroatoms. The first-order valence-corrected chi connectivity index (χ1v) is 12.4. The summed E-state index contributed by atoms with van der Waals surface area (Å²) in [5.74, 6) is 0. The fraction of sp³-hybridized carbons (Fsp3) is 1.00. The number of ether oxygens (including phenoxy) is 6. The first kappa shape index (κ1) is 24.4. The lowest BCUT2D eigenvalue weighted by Crippen LogP contribution is -2.21. The molecule has 3 aliphatic heterocycles. The van der Waals surface area contributed by atoms with E-state index in [1.807, 2.05) is 0 Å². The van der Waals surface area contributed by atoms with Crippen molar-refractivity contribution < 1.29 is 28.4 Å². The van der Waals surface area contributed by atoms with E-state index in [0.29, 0.717) is 23.7 Å². The van der Waals surface area contributed by atoms with Gasteiger partial charge in [0.05, 0.1) is 39.6 Å². The quantitative estimate of drug-likeness (QED) is 0.191. The van der Waals surface area contributed by atoms with E-state index in [0.717, 1.165) is 78.7 Å². The number of hydrogen-bond donors (Lipinski definition) is 0. The fourth-order valence-corrected chi connectivity index (χ4v) is 4.15. The van der Waals surface area contributed by atoms with Crippen LogP contribution < -0.4 is 0 Å². The minimum absolute atomic E-state index is 0.377. The monoisotopic (exact) mass is 428 g/mol. The van der Waals surface area contributed by atoms with Gasteiger partial charge in [0.15, 0.2) is 0 Å². The van der Waals surface area contributed by atoms with Crippen LogP contribution in [0.5, 0.6) is 0 Å². The highest BCUT2D eigenvalue weighted by Crippen LogP contribution is 2.39. The highest BCUT2D eigenvalue weighted by Gasteiger charge is 2.27. The smallest absolute Gasteiger partial charge is 0.104 e. The number of hydrogen-bond acceptors (Lipinski definition) is 6. The molecule has 0 spiro atoms. The second-order valence-corrected chi connectivity index (χ2v) is 9.32. The summed E-state index contributed by atoms with van der Waals surface area (Å²) in [5, 5.41) is 0. The number of epoxide rings is 3. The van der Waals surface area contributed by atoms with Crippen molar-refractivity contribution in [1.82, 2.24) is 0 Å². The SMILES string of the molecule is CCC(CCCCOCC1CO1)(CCCCOCC1CO1)CCCCOCC1CO1. The van der Waals surface area contributed by atoms with Crippen LogP contribution in [0.1, 0.15) is 71.1 Å². The lowest BCUT2D eigenvalue weighted by atomic mass is 9.72. The first-order valence-electron chi connectivity index (χ1n) is 12.4. The van der Waals surface area contributed by atoms with Gasteiger partial charge in [0.25, 0.3) is 0 Å².